The molecule has 26 heavy (non-hydrogen) atoms. The summed E-state index contributed by atoms with van der Waals surface area (Å²) in [4.78, 5) is 25.9. The molecule has 0 aliphatic carbocycles. The lowest BCUT2D eigenvalue weighted by molar-refractivity contribution is -0.146. The van der Waals surface area contributed by atoms with Gasteiger partial charge in [0.25, 0.3) is 0 Å². The van der Waals surface area contributed by atoms with Crippen LogP contribution in [0, 0.1) is 6.92 Å². The van der Waals surface area contributed by atoms with E-state index >= 15 is 0 Å². The molecule has 2 fully saturated rings. The predicted molar refractivity (Wildman–Crippen MR) is 101 cm³/mol. The van der Waals surface area contributed by atoms with Crippen molar-refractivity contribution in [2.24, 2.45) is 0 Å². The lowest BCUT2D eigenvalue weighted by Gasteiger charge is -2.42. The Morgan fingerprint density at radius 1 is 1.27 bits per heavy atom. The van der Waals surface area contributed by atoms with Crippen LogP contribution in [0.1, 0.15) is 44.1 Å². The number of amides is 1. The van der Waals surface area contributed by atoms with Gasteiger partial charge in [-0.25, -0.2) is 4.98 Å². The lowest BCUT2D eigenvalue weighted by atomic mass is 9.99. The molecule has 0 spiro atoms. The van der Waals surface area contributed by atoms with Gasteiger partial charge in [-0.05, 0) is 51.3 Å². The minimum absolute atomic E-state index is 0.0375. The van der Waals surface area contributed by atoms with Crippen molar-refractivity contribution in [1.29, 1.82) is 0 Å². The first kappa shape index (κ1) is 17.5. The molecule has 1 unspecified atom stereocenters. The summed E-state index contributed by atoms with van der Waals surface area (Å²) in [6.45, 7) is 9.97. The minimum Gasteiger partial charge on any atom is -0.379 e. The summed E-state index contributed by atoms with van der Waals surface area (Å²) in [5.41, 5.74) is 2.71. The molecule has 0 saturated carbocycles. The fourth-order valence-corrected chi connectivity index (χ4v) is 4.20. The normalized spacial score (nSPS) is 22.3. The SMILES string of the molecule is Cc1ccc2nc(C3CCCN3C(=O)C(C)(C)N3CCOCC3)[nH]c2c1. The van der Waals surface area contributed by atoms with Crippen LogP contribution in [0.4, 0.5) is 0 Å². The Kier molecular flexibility index (Phi) is 4.49. The quantitative estimate of drug-likeness (QED) is 0.918. The number of morpholine rings is 1. The van der Waals surface area contributed by atoms with Gasteiger partial charge in [0.1, 0.15) is 5.82 Å². The molecule has 4 rings (SSSR count). The van der Waals surface area contributed by atoms with Gasteiger partial charge in [-0.15, -0.1) is 0 Å². The van der Waals surface area contributed by atoms with Gasteiger partial charge in [-0.1, -0.05) is 6.07 Å². The Morgan fingerprint density at radius 2 is 2.04 bits per heavy atom. The second-order valence-electron chi connectivity index (χ2n) is 7.96. The third-order valence-electron chi connectivity index (χ3n) is 5.81. The van der Waals surface area contributed by atoms with Crippen LogP contribution in [-0.4, -0.2) is 64.1 Å². The fourth-order valence-electron chi connectivity index (χ4n) is 4.20. The van der Waals surface area contributed by atoms with E-state index in [1.165, 1.54) is 5.56 Å². The number of fused-ring (bicyclic) bond motifs is 1. The number of hydrogen-bond donors (Lipinski definition) is 1. The van der Waals surface area contributed by atoms with E-state index in [4.69, 9.17) is 9.72 Å². The van der Waals surface area contributed by atoms with Crippen LogP contribution >= 0.6 is 0 Å². The number of nitrogens with zero attached hydrogens (tertiary/aromatic N) is 3. The van der Waals surface area contributed by atoms with Crippen LogP contribution in [0.2, 0.25) is 0 Å². The highest BCUT2D eigenvalue weighted by molar-refractivity contribution is 5.86. The number of aromatic nitrogens is 2. The molecule has 0 bridgehead atoms. The molecule has 2 aliphatic rings. The second-order valence-corrected chi connectivity index (χ2v) is 7.96. The van der Waals surface area contributed by atoms with Crippen molar-refractivity contribution in [1.82, 2.24) is 19.8 Å². The molecule has 1 amide bonds. The number of hydrogen-bond acceptors (Lipinski definition) is 4. The summed E-state index contributed by atoms with van der Waals surface area (Å²) in [7, 11) is 0. The first-order chi connectivity index (χ1) is 12.5. The average molecular weight is 356 g/mol. The van der Waals surface area contributed by atoms with Crippen LogP contribution in [0.15, 0.2) is 18.2 Å². The molecule has 2 aromatic rings. The summed E-state index contributed by atoms with van der Waals surface area (Å²) >= 11 is 0. The van der Waals surface area contributed by atoms with Crippen molar-refractivity contribution in [3.05, 3.63) is 29.6 Å². The molecule has 3 heterocycles. The molecular formula is C20H28N4O2. The number of ether oxygens (including phenoxy) is 1. The van der Waals surface area contributed by atoms with E-state index in [1.807, 2.05) is 24.8 Å². The van der Waals surface area contributed by atoms with Crippen LogP contribution in [0.5, 0.6) is 0 Å². The number of aryl methyl sites for hydroxylation is 1. The molecule has 2 saturated heterocycles. The van der Waals surface area contributed by atoms with Gasteiger partial charge in [0.15, 0.2) is 0 Å². The summed E-state index contributed by atoms with van der Waals surface area (Å²) in [5.74, 6) is 1.10. The maximum atomic E-state index is 13.4. The number of rotatable bonds is 3. The molecule has 1 aromatic carbocycles. The van der Waals surface area contributed by atoms with Crippen LogP contribution in [0.3, 0.4) is 0 Å². The van der Waals surface area contributed by atoms with Gasteiger partial charge in [-0.3, -0.25) is 9.69 Å². The maximum absolute atomic E-state index is 13.4. The van der Waals surface area contributed by atoms with Gasteiger partial charge in [0.05, 0.1) is 35.8 Å². The molecule has 6 nitrogen and oxygen atoms in total. The zero-order valence-corrected chi connectivity index (χ0v) is 15.9. The first-order valence-electron chi connectivity index (χ1n) is 9.57. The summed E-state index contributed by atoms with van der Waals surface area (Å²) < 4.78 is 5.45. The van der Waals surface area contributed by atoms with E-state index in [2.05, 4.69) is 28.9 Å². The number of benzene rings is 1. The predicted octanol–water partition coefficient (Wildman–Crippen LogP) is 2.65. The molecule has 0 radical (unpaired) electrons. The monoisotopic (exact) mass is 356 g/mol. The van der Waals surface area contributed by atoms with Crippen molar-refractivity contribution in [2.75, 3.05) is 32.8 Å². The zero-order chi connectivity index (χ0) is 18.3. The molecule has 1 aromatic heterocycles. The van der Waals surface area contributed by atoms with Crippen LogP contribution in [0.25, 0.3) is 11.0 Å². The molecule has 1 N–H and O–H groups in total. The number of H-pyrrole nitrogens is 1. The van der Waals surface area contributed by atoms with Gasteiger partial charge >= 0.3 is 0 Å². The third kappa shape index (κ3) is 3.01. The molecule has 6 heteroatoms. The van der Waals surface area contributed by atoms with E-state index in [9.17, 15) is 4.79 Å². The Labute approximate surface area is 154 Å². The number of nitrogens with one attached hydrogen (secondary N) is 1. The zero-order valence-electron chi connectivity index (χ0n) is 15.9. The Morgan fingerprint density at radius 3 is 2.81 bits per heavy atom. The standard InChI is InChI=1S/C20H28N4O2/c1-14-6-7-15-16(13-14)22-18(21-15)17-5-4-8-24(17)19(25)20(2,3)23-9-11-26-12-10-23/h6-7,13,17H,4-5,8-12H2,1-3H3,(H,21,22). The van der Waals surface area contributed by atoms with E-state index in [0.717, 1.165) is 49.3 Å². The number of imidazole rings is 1. The lowest BCUT2D eigenvalue weighted by Crippen LogP contribution is -2.58. The molecule has 140 valence electrons. The van der Waals surface area contributed by atoms with Gasteiger partial charge in [-0.2, -0.15) is 0 Å². The van der Waals surface area contributed by atoms with Gasteiger partial charge < -0.3 is 14.6 Å². The average Bonchev–Trinajstić information content (AvgIpc) is 3.27. The van der Waals surface area contributed by atoms with Crippen LogP contribution in [-0.2, 0) is 9.53 Å². The molecule has 1 atom stereocenters. The van der Waals surface area contributed by atoms with Crippen molar-refractivity contribution in [3.63, 3.8) is 0 Å². The smallest absolute Gasteiger partial charge is 0.243 e. The highest BCUT2D eigenvalue weighted by atomic mass is 16.5. The van der Waals surface area contributed by atoms with Crippen molar-refractivity contribution < 1.29 is 9.53 Å². The summed E-state index contributed by atoms with van der Waals surface area (Å²) in [5, 5.41) is 0. The number of carbonyl (C=O) groups is 1. The van der Waals surface area contributed by atoms with E-state index < -0.39 is 5.54 Å². The highest BCUT2D eigenvalue weighted by Gasteiger charge is 2.43. The molecular weight excluding hydrogens is 328 g/mol. The number of likely N-dealkylation sites (tertiary alicyclic amines) is 1. The first-order valence-corrected chi connectivity index (χ1v) is 9.57. The van der Waals surface area contributed by atoms with Crippen molar-refractivity contribution >= 4 is 16.9 Å². The minimum atomic E-state index is -0.519. The van der Waals surface area contributed by atoms with Crippen molar-refractivity contribution in [3.8, 4) is 0 Å². The maximum Gasteiger partial charge on any atom is 0.243 e. The van der Waals surface area contributed by atoms with E-state index in [0.29, 0.717) is 13.2 Å². The molecule has 2 aliphatic heterocycles. The Hall–Kier alpha value is -1.92. The topological polar surface area (TPSA) is 61.5 Å². The van der Waals surface area contributed by atoms with E-state index in [1.54, 1.807) is 0 Å². The van der Waals surface area contributed by atoms with Gasteiger partial charge in [0, 0.05) is 19.6 Å². The summed E-state index contributed by atoms with van der Waals surface area (Å²) in [6, 6.07) is 6.27. The van der Waals surface area contributed by atoms with E-state index in [-0.39, 0.29) is 11.9 Å². The van der Waals surface area contributed by atoms with Gasteiger partial charge in [0.2, 0.25) is 5.91 Å². The fraction of sp³-hybridized carbons (Fsp3) is 0.600. The van der Waals surface area contributed by atoms with Crippen molar-refractivity contribution in [2.45, 2.75) is 45.2 Å². The third-order valence-corrected chi connectivity index (χ3v) is 5.81. The Balaban J connectivity index is 1.59. The largest absolute Gasteiger partial charge is 0.379 e. The van der Waals surface area contributed by atoms with Crippen LogP contribution < -0.4 is 0 Å². The summed E-state index contributed by atoms with van der Waals surface area (Å²) in [6.07, 6.45) is 1.98. The Bertz CT molecular complexity index is 807. The number of carbonyl (C=O) groups excluding carboxylic acids is 1. The second kappa shape index (κ2) is 6.67. The highest BCUT2D eigenvalue weighted by Crippen LogP contribution is 2.34. The number of aromatic amines is 1.